The number of benzene rings is 1. The summed E-state index contributed by atoms with van der Waals surface area (Å²) in [5, 5.41) is 11.9. The molecule has 2 heterocycles. The van der Waals surface area contributed by atoms with Gasteiger partial charge in [-0.3, -0.25) is 14.4 Å². The van der Waals surface area contributed by atoms with E-state index < -0.39 is 23.3 Å². The van der Waals surface area contributed by atoms with Crippen molar-refractivity contribution in [2.24, 2.45) is 5.92 Å². The number of hydrogen-bond acceptors (Lipinski definition) is 4. The topological polar surface area (TPSA) is 95.9 Å². The molecular formula is C20H26N2O5. The number of carboxylic acids is 1. The fourth-order valence-electron chi connectivity index (χ4n) is 3.75. The van der Waals surface area contributed by atoms with Gasteiger partial charge in [-0.2, -0.15) is 0 Å². The van der Waals surface area contributed by atoms with Crippen LogP contribution >= 0.6 is 0 Å². The van der Waals surface area contributed by atoms with Gasteiger partial charge in [-0.15, -0.1) is 0 Å². The van der Waals surface area contributed by atoms with Crippen molar-refractivity contribution in [3.05, 3.63) is 29.8 Å². The first-order valence-corrected chi connectivity index (χ1v) is 9.34. The lowest BCUT2D eigenvalue weighted by Crippen LogP contribution is -2.53. The number of carbonyl (C=O) groups is 3. The predicted octanol–water partition coefficient (Wildman–Crippen LogP) is 1.91. The Kier molecular flexibility index (Phi) is 5.51. The summed E-state index contributed by atoms with van der Waals surface area (Å²) in [7, 11) is 0. The number of hydrogen-bond donors (Lipinski definition) is 2. The molecule has 2 unspecified atom stereocenters. The third-order valence-corrected chi connectivity index (χ3v) is 5.37. The summed E-state index contributed by atoms with van der Waals surface area (Å²) in [6, 6.07) is 7.81. The van der Waals surface area contributed by atoms with Gasteiger partial charge < -0.3 is 20.1 Å². The molecular weight excluding hydrogens is 348 g/mol. The van der Waals surface area contributed by atoms with Gasteiger partial charge in [0.05, 0.1) is 18.6 Å². The molecule has 3 rings (SSSR count). The zero-order valence-corrected chi connectivity index (χ0v) is 15.7. The number of carbonyl (C=O) groups excluding carboxylic acids is 2. The summed E-state index contributed by atoms with van der Waals surface area (Å²) in [6.45, 7) is 5.25. The second-order valence-corrected chi connectivity index (χ2v) is 7.72. The maximum Gasteiger partial charge on any atom is 0.305 e. The average Bonchev–Trinajstić information content (AvgIpc) is 3.21. The monoisotopic (exact) mass is 374 g/mol. The van der Waals surface area contributed by atoms with Gasteiger partial charge in [0.15, 0.2) is 0 Å². The molecule has 2 saturated heterocycles. The smallest absolute Gasteiger partial charge is 0.305 e. The van der Waals surface area contributed by atoms with E-state index in [1.807, 2.05) is 24.3 Å². The standard InChI is InChI=1S/C20H26N2O5/c1-13(2)14-3-5-15(6-4-14)22-9-7-16(19(22)26)18(25)21-20(11-17(23)24)8-10-27-12-20/h3-6,13,16H,7-12H2,1-2H3,(H,21,25)(H,23,24). The minimum absolute atomic E-state index is 0.159. The van der Waals surface area contributed by atoms with Crippen LogP contribution in [0.3, 0.4) is 0 Å². The molecule has 7 nitrogen and oxygen atoms in total. The fraction of sp³-hybridized carbons (Fsp3) is 0.550. The molecule has 0 aromatic heterocycles. The zero-order valence-electron chi connectivity index (χ0n) is 15.7. The van der Waals surface area contributed by atoms with E-state index in [1.54, 1.807) is 4.90 Å². The molecule has 0 bridgehead atoms. The molecule has 0 aliphatic carbocycles. The molecule has 2 N–H and O–H groups in total. The van der Waals surface area contributed by atoms with Crippen LogP contribution in [0.1, 0.15) is 44.6 Å². The molecule has 1 aromatic carbocycles. The van der Waals surface area contributed by atoms with E-state index in [2.05, 4.69) is 19.2 Å². The highest BCUT2D eigenvalue weighted by Gasteiger charge is 2.44. The minimum atomic E-state index is -0.995. The third kappa shape index (κ3) is 4.13. The zero-order chi connectivity index (χ0) is 19.6. The summed E-state index contributed by atoms with van der Waals surface area (Å²) in [6.07, 6.45) is 0.646. The molecule has 0 radical (unpaired) electrons. The van der Waals surface area contributed by atoms with E-state index in [9.17, 15) is 14.4 Å². The van der Waals surface area contributed by atoms with Crippen LogP contribution in [-0.4, -0.2) is 48.2 Å². The van der Waals surface area contributed by atoms with Crippen LogP contribution < -0.4 is 10.2 Å². The van der Waals surface area contributed by atoms with Crippen molar-refractivity contribution in [1.82, 2.24) is 5.32 Å². The maximum absolute atomic E-state index is 12.8. The second-order valence-electron chi connectivity index (χ2n) is 7.72. The van der Waals surface area contributed by atoms with E-state index in [-0.39, 0.29) is 18.9 Å². The van der Waals surface area contributed by atoms with Crippen LogP contribution in [0.5, 0.6) is 0 Å². The maximum atomic E-state index is 12.8. The quantitative estimate of drug-likeness (QED) is 0.742. The summed E-state index contributed by atoms with van der Waals surface area (Å²) < 4.78 is 5.30. The van der Waals surface area contributed by atoms with Crippen molar-refractivity contribution in [3.8, 4) is 0 Å². The minimum Gasteiger partial charge on any atom is -0.481 e. The number of carboxylic acid groups (broad SMARTS) is 1. The Labute approximate surface area is 158 Å². The van der Waals surface area contributed by atoms with Gasteiger partial charge in [-0.1, -0.05) is 26.0 Å². The van der Waals surface area contributed by atoms with Gasteiger partial charge in [0.1, 0.15) is 5.92 Å². The Hall–Kier alpha value is -2.41. The molecule has 7 heteroatoms. The Morgan fingerprint density at radius 3 is 2.59 bits per heavy atom. The average molecular weight is 374 g/mol. The fourth-order valence-corrected chi connectivity index (χ4v) is 3.75. The predicted molar refractivity (Wildman–Crippen MR) is 99.6 cm³/mol. The number of anilines is 1. The highest BCUT2D eigenvalue weighted by atomic mass is 16.5. The van der Waals surface area contributed by atoms with Crippen LogP contribution in [0.4, 0.5) is 5.69 Å². The van der Waals surface area contributed by atoms with E-state index in [0.29, 0.717) is 31.9 Å². The summed E-state index contributed by atoms with van der Waals surface area (Å²) in [5.41, 5.74) is 1.05. The summed E-state index contributed by atoms with van der Waals surface area (Å²) >= 11 is 0. The summed E-state index contributed by atoms with van der Waals surface area (Å²) in [5.74, 6) is -2.03. The van der Waals surface area contributed by atoms with Crippen LogP contribution in [0, 0.1) is 5.92 Å². The first kappa shape index (κ1) is 19.4. The van der Waals surface area contributed by atoms with Crippen molar-refractivity contribution in [3.63, 3.8) is 0 Å². The number of nitrogens with one attached hydrogen (secondary N) is 1. The molecule has 2 amide bonds. The van der Waals surface area contributed by atoms with Crippen molar-refractivity contribution >= 4 is 23.5 Å². The number of rotatable bonds is 6. The number of ether oxygens (including phenoxy) is 1. The molecule has 2 fully saturated rings. The Balaban J connectivity index is 1.68. The van der Waals surface area contributed by atoms with Crippen molar-refractivity contribution in [1.29, 1.82) is 0 Å². The highest BCUT2D eigenvalue weighted by Crippen LogP contribution is 2.29. The molecule has 0 saturated carbocycles. The van der Waals surface area contributed by atoms with E-state index >= 15 is 0 Å². The molecule has 2 aliphatic heterocycles. The second kappa shape index (κ2) is 7.68. The number of nitrogens with zero attached hydrogens (tertiary/aromatic N) is 1. The Morgan fingerprint density at radius 2 is 2.04 bits per heavy atom. The first-order valence-electron chi connectivity index (χ1n) is 9.34. The van der Waals surface area contributed by atoms with Crippen molar-refractivity contribution in [2.75, 3.05) is 24.7 Å². The lowest BCUT2D eigenvalue weighted by molar-refractivity contribution is -0.139. The summed E-state index contributed by atoms with van der Waals surface area (Å²) in [4.78, 5) is 38.3. The van der Waals surface area contributed by atoms with Gasteiger partial charge in [-0.25, -0.2) is 0 Å². The van der Waals surface area contributed by atoms with Gasteiger partial charge in [0, 0.05) is 18.8 Å². The SMILES string of the molecule is CC(C)c1ccc(N2CCC(C(=O)NC3(CC(=O)O)CCOC3)C2=O)cc1. The molecule has 0 spiro atoms. The van der Waals surface area contributed by atoms with Gasteiger partial charge in [0.2, 0.25) is 11.8 Å². The Bertz CT molecular complexity index is 722. The van der Waals surface area contributed by atoms with E-state index in [4.69, 9.17) is 9.84 Å². The molecule has 146 valence electrons. The van der Waals surface area contributed by atoms with Crippen LogP contribution in [0.25, 0.3) is 0 Å². The normalized spacial score (nSPS) is 25.2. The molecule has 27 heavy (non-hydrogen) atoms. The van der Waals surface area contributed by atoms with Crippen molar-refractivity contribution < 1.29 is 24.2 Å². The van der Waals surface area contributed by atoms with Crippen LogP contribution in [-0.2, 0) is 19.1 Å². The number of aliphatic carboxylic acids is 1. The van der Waals surface area contributed by atoms with Crippen molar-refractivity contribution in [2.45, 2.75) is 44.6 Å². The largest absolute Gasteiger partial charge is 0.481 e. The third-order valence-electron chi connectivity index (χ3n) is 5.37. The lowest BCUT2D eigenvalue weighted by atomic mass is 9.93. The molecule has 2 atom stereocenters. The lowest BCUT2D eigenvalue weighted by Gasteiger charge is -2.28. The van der Waals surface area contributed by atoms with Gasteiger partial charge in [0.25, 0.3) is 0 Å². The number of amides is 2. The van der Waals surface area contributed by atoms with Gasteiger partial charge >= 0.3 is 5.97 Å². The van der Waals surface area contributed by atoms with Crippen LogP contribution in [0.15, 0.2) is 24.3 Å². The first-order chi connectivity index (χ1) is 12.8. The highest BCUT2D eigenvalue weighted by molar-refractivity contribution is 6.09. The van der Waals surface area contributed by atoms with E-state index in [0.717, 1.165) is 5.69 Å². The molecule has 2 aliphatic rings. The molecule has 1 aromatic rings. The Morgan fingerprint density at radius 1 is 1.33 bits per heavy atom. The van der Waals surface area contributed by atoms with Crippen LogP contribution in [0.2, 0.25) is 0 Å². The van der Waals surface area contributed by atoms with Gasteiger partial charge in [-0.05, 0) is 36.5 Å². The van der Waals surface area contributed by atoms with E-state index in [1.165, 1.54) is 5.56 Å².